The summed E-state index contributed by atoms with van der Waals surface area (Å²) < 4.78 is 10.4. The summed E-state index contributed by atoms with van der Waals surface area (Å²) in [4.78, 5) is 0. The molecule has 0 bridgehead atoms. The van der Waals surface area contributed by atoms with Gasteiger partial charge in [0.15, 0.2) is 0 Å². The molecule has 0 aliphatic carbocycles. The van der Waals surface area contributed by atoms with Crippen molar-refractivity contribution in [1.82, 2.24) is 5.32 Å². The third-order valence-electron chi connectivity index (χ3n) is 2.20. The van der Waals surface area contributed by atoms with E-state index >= 15 is 0 Å². The molecule has 0 aliphatic rings. The van der Waals surface area contributed by atoms with Gasteiger partial charge in [-0.05, 0) is 13.0 Å². The molecule has 2 N–H and O–H groups in total. The highest BCUT2D eigenvalue weighted by Crippen LogP contribution is 2.25. The van der Waals surface area contributed by atoms with Crippen LogP contribution < -0.4 is 20.1 Å². The van der Waals surface area contributed by atoms with E-state index < -0.39 is 0 Å². The largest absolute Gasteiger partial charge is 0.497 e. The number of methoxy groups -OCH3 is 2. The Labute approximate surface area is 96.9 Å². The standard InChI is InChI=1S/C12H20N2O2/c1-4-5-13-9-14-10-6-11(15-2)8-12(7-10)16-3/h6-8,13-14H,4-5,9H2,1-3H3. The normalized spacial score (nSPS) is 9.94. The van der Waals surface area contributed by atoms with Crippen molar-refractivity contribution in [3.63, 3.8) is 0 Å². The van der Waals surface area contributed by atoms with Crippen molar-refractivity contribution in [1.29, 1.82) is 0 Å². The zero-order valence-corrected chi connectivity index (χ0v) is 10.2. The maximum atomic E-state index is 5.18. The van der Waals surface area contributed by atoms with Crippen LogP contribution in [0.5, 0.6) is 11.5 Å². The minimum atomic E-state index is 0.740. The molecule has 0 spiro atoms. The molecular weight excluding hydrogens is 204 g/mol. The van der Waals surface area contributed by atoms with E-state index in [9.17, 15) is 0 Å². The summed E-state index contributed by atoms with van der Waals surface area (Å²) in [6.45, 7) is 3.89. The van der Waals surface area contributed by atoms with Gasteiger partial charge in [-0.25, -0.2) is 0 Å². The van der Waals surface area contributed by atoms with Gasteiger partial charge in [0.25, 0.3) is 0 Å². The van der Waals surface area contributed by atoms with Crippen LogP contribution in [0, 0.1) is 0 Å². The Morgan fingerprint density at radius 2 is 1.69 bits per heavy atom. The molecule has 0 atom stereocenters. The van der Waals surface area contributed by atoms with Gasteiger partial charge in [-0.3, -0.25) is 0 Å². The molecule has 0 unspecified atom stereocenters. The number of rotatable bonds is 7. The number of hydrogen-bond donors (Lipinski definition) is 2. The van der Waals surface area contributed by atoms with Crippen LogP contribution in [0.4, 0.5) is 5.69 Å². The smallest absolute Gasteiger partial charge is 0.124 e. The summed E-state index contributed by atoms with van der Waals surface area (Å²) in [7, 11) is 3.29. The van der Waals surface area contributed by atoms with Gasteiger partial charge >= 0.3 is 0 Å². The van der Waals surface area contributed by atoms with Crippen LogP contribution in [-0.4, -0.2) is 27.4 Å². The van der Waals surface area contributed by atoms with Crippen LogP contribution in [0.1, 0.15) is 13.3 Å². The predicted molar refractivity (Wildman–Crippen MR) is 66.3 cm³/mol. The molecule has 4 heteroatoms. The van der Waals surface area contributed by atoms with Gasteiger partial charge in [-0.15, -0.1) is 0 Å². The highest BCUT2D eigenvalue weighted by atomic mass is 16.5. The molecule has 1 rings (SSSR count). The lowest BCUT2D eigenvalue weighted by Gasteiger charge is -2.11. The first kappa shape index (κ1) is 12.6. The van der Waals surface area contributed by atoms with Gasteiger partial charge < -0.3 is 20.1 Å². The Bertz CT molecular complexity index is 294. The molecule has 0 amide bonds. The van der Waals surface area contributed by atoms with Crippen LogP contribution in [-0.2, 0) is 0 Å². The summed E-state index contributed by atoms with van der Waals surface area (Å²) in [6, 6.07) is 5.73. The van der Waals surface area contributed by atoms with E-state index in [0.717, 1.165) is 36.8 Å². The Hall–Kier alpha value is -1.42. The minimum Gasteiger partial charge on any atom is -0.497 e. The Morgan fingerprint density at radius 1 is 1.06 bits per heavy atom. The molecule has 0 heterocycles. The first-order chi connectivity index (χ1) is 7.80. The maximum absolute atomic E-state index is 5.18. The first-order valence-corrected chi connectivity index (χ1v) is 5.47. The van der Waals surface area contributed by atoms with Gasteiger partial charge in [0, 0.05) is 23.9 Å². The monoisotopic (exact) mass is 224 g/mol. The average molecular weight is 224 g/mol. The lowest BCUT2D eigenvalue weighted by Crippen LogP contribution is -2.22. The van der Waals surface area contributed by atoms with Crippen LogP contribution in [0.2, 0.25) is 0 Å². The highest BCUT2D eigenvalue weighted by molar-refractivity contribution is 5.53. The summed E-state index contributed by atoms with van der Waals surface area (Å²) in [5.41, 5.74) is 0.986. The van der Waals surface area contributed by atoms with Crippen molar-refractivity contribution in [3.8, 4) is 11.5 Å². The van der Waals surface area contributed by atoms with E-state index in [1.807, 2.05) is 18.2 Å². The third kappa shape index (κ3) is 3.98. The Morgan fingerprint density at radius 3 is 2.19 bits per heavy atom. The van der Waals surface area contributed by atoms with Crippen LogP contribution in [0.3, 0.4) is 0 Å². The second-order valence-electron chi connectivity index (χ2n) is 3.45. The Kier molecular flexibility index (Phi) is 5.50. The second-order valence-corrected chi connectivity index (χ2v) is 3.45. The van der Waals surface area contributed by atoms with Crippen molar-refractivity contribution in [2.45, 2.75) is 13.3 Å². The van der Waals surface area contributed by atoms with Crippen molar-refractivity contribution >= 4 is 5.69 Å². The van der Waals surface area contributed by atoms with Gasteiger partial charge in [0.05, 0.1) is 20.9 Å². The molecule has 1 aromatic rings. The van der Waals surface area contributed by atoms with E-state index in [2.05, 4.69) is 17.6 Å². The molecule has 1 aromatic carbocycles. The zero-order chi connectivity index (χ0) is 11.8. The fourth-order valence-electron chi connectivity index (χ4n) is 1.34. The number of hydrogen-bond acceptors (Lipinski definition) is 4. The molecule has 0 saturated heterocycles. The van der Waals surface area contributed by atoms with Gasteiger partial charge in [0.1, 0.15) is 11.5 Å². The van der Waals surface area contributed by atoms with E-state index in [0.29, 0.717) is 0 Å². The van der Waals surface area contributed by atoms with Crippen LogP contribution in [0.25, 0.3) is 0 Å². The maximum Gasteiger partial charge on any atom is 0.124 e. The molecular formula is C12H20N2O2. The number of benzene rings is 1. The molecule has 0 radical (unpaired) electrons. The lowest BCUT2D eigenvalue weighted by atomic mass is 10.3. The Balaban J connectivity index is 2.57. The number of anilines is 1. The van der Waals surface area contributed by atoms with Crippen molar-refractivity contribution in [2.24, 2.45) is 0 Å². The van der Waals surface area contributed by atoms with E-state index in [4.69, 9.17) is 9.47 Å². The average Bonchev–Trinajstić information content (AvgIpc) is 2.34. The van der Waals surface area contributed by atoms with Crippen LogP contribution >= 0.6 is 0 Å². The van der Waals surface area contributed by atoms with E-state index in [1.54, 1.807) is 14.2 Å². The van der Waals surface area contributed by atoms with Gasteiger partial charge in [0.2, 0.25) is 0 Å². The van der Waals surface area contributed by atoms with E-state index in [-0.39, 0.29) is 0 Å². The molecule has 0 saturated carbocycles. The SMILES string of the molecule is CCCNCNc1cc(OC)cc(OC)c1. The topological polar surface area (TPSA) is 42.5 Å². The fraction of sp³-hybridized carbons (Fsp3) is 0.500. The highest BCUT2D eigenvalue weighted by Gasteiger charge is 2.00. The summed E-state index contributed by atoms with van der Waals surface area (Å²) in [5.74, 6) is 1.58. The molecule has 90 valence electrons. The van der Waals surface area contributed by atoms with Crippen LogP contribution in [0.15, 0.2) is 18.2 Å². The van der Waals surface area contributed by atoms with Gasteiger partial charge in [-0.2, -0.15) is 0 Å². The van der Waals surface area contributed by atoms with Crippen molar-refractivity contribution < 1.29 is 9.47 Å². The fourth-order valence-corrected chi connectivity index (χ4v) is 1.34. The minimum absolute atomic E-state index is 0.740. The van der Waals surface area contributed by atoms with Crippen molar-refractivity contribution in [2.75, 3.05) is 32.7 Å². The predicted octanol–water partition coefficient (Wildman–Crippen LogP) is 2.07. The quantitative estimate of drug-likeness (QED) is 0.549. The lowest BCUT2D eigenvalue weighted by molar-refractivity contribution is 0.394. The molecule has 4 nitrogen and oxygen atoms in total. The summed E-state index contributed by atoms with van der Waals surface area (Å²) in [5, 5.41) is 6.52. The summed E-state index contributed by atoms with van der Waals surface area (Å²) >= 11 is 0. The molecule has 0 aliphatic heterocycles. The van der Waals surface area contributed by atoms with Crippen molar-refractivity contribution in [3.05, 3.63) is 18.2 Å². The van der Waals surface area contributed by atoms with Gasteiger partial charge in [-0.1, -0.05) is 6.92 Å². The number of ether oxygens (including phenoxy) is 2. The summed E-state index contributed by atoms with van der Waals surface area (Å²) in [6.07, 6.45) is 1.13. The molecule has 16 heavy (non-hydrogen) atoms. The first-order valence-electron chi connectivity index (χ1n) is 5.47. The molecule has 0 aromatic heterocycles. The second kappa shape index (κ2) is 6.95. The molecule has 0 fully saturated rings. The third-order valence-corrected chi connectivity index (χ3v) is 2.20. The van der Waals surface area contributed by atoms with E-state index in [1.165, 1.54) is 0 Å². The zero-order valence-electron chi connectivity index (χ0n) is 10.2. The number of nitrogens with one attached hydrogen (secondary N) is 2.